The molecule has 4 aliphatic rings. The number of hydrogen-bond acceptors (Lipinski definition) is 5. The summed E-state index contributed by atoms with van der Waals surface area (Å²) in [6.45, 7) is 6.96. The van der Waals surface area contributed by atoms with Gasteiger partial charge in [0.2, 0.25) is 0 Å². The van der Waals surface area contributed by atoms with E-state index in [0.717, 1.165) is 31.3 Å². The number of rotatable bonds is 2. The minimum Gasteiger partial charge on any atom is -0.462 e. The van der Waals surface area contributed by atoms with Crippen molar-refractivity contribution in [3.05, 3.63) is 11.6 Å². The number of ether oxygens (including phenoxy) is 2. The number of ketones is 1. The van der Waals surface area contributed by atoms with Gasteiger partial charge < -0.3 is 9.47 Å². The summed E-state index contributed by atoms with van der Waals surface area (Å²) in [6.07, 6.45) is 3.86. The van der Waals surface area contributed by atoms with Crippen molar-refractivity contribution in [3.8, 4) is 0 Å². The molecule has 0 aliphatic heterocycles. The molecular formula is C23H31FO5. The van der Waals surface area contributed by atoms with Crippen molar-refractivity contribution in [2.45, 2.75) is 84.6 Å². The standard InChI is InChI=1S/C23H31FO5/c1-12(25)28-15-5-7-22(3)14(9-15)10-18(27)20-16(22)6-8-23(4)19(29-13(2)26)11-17(24)21(20)23/h10,15-17,19-21H,5-9,11H2,1-4H3/t15-,16-,17-,19-,20-,21-,22-,23+/m0/s1. The summed E-state index contributed by atoms with van der Waals surface area (Å²) in [5.41, 5.74) is 0.378. The molecule has 0 heterocycles. The van der Waals surface area contributed by atoms with Crippen LogP contribution in [0.1, 0.15) is 66.2 Å². The van der Waals surface area contributed by atoms with Gasteiger partial charge in [-0.1, -0.05) is 19.4 Å². The molecule has 0 aromatic heterocycles. The molecule has 8 atom stereocenters. The first kappa shape index (κ1) is 20.5. The zero-order valence-electron chi connectivity index (χ0n) is 17.7. The third-order valence-electron chi connectivity index (χ3n) is 8.41. The largest absolute Gasteiger partial charge is 0.462 e. The van der Waals surface area contributed by atoms with E-state index in [-0.39, 0.29) is 47.5 Å². The molecule has 3 fully saturated rings. The average Bonchev–Trinajstić information content (AvgIpc) is 2.86. The van der Waals surface area contributed by atoms with Crippen LogP contribution in [0.5, 0.6) is 0 Å². The Bertz CT molecular complexity index is 775. The van der Waals surface area contributed by atoms with Crippen LogP contribution in [0, 0.1) is 28.6 Å². The molecule has 0 unspecified atom stereocenters. The Balaban J connectivity index is 1.66. The number of halogens is 1. The fourth-order valence-corrected chi connectivity index (χ4v) is 7.03. The first-order valence-electron chi connectivity index (χ1n) is 10.8. The zero-order valence-corrected chi connectivity index (χ0v) is 17.7. The van der Waals surface area contributed by atoms with Crippen LogP contribution in [-0.2, 0) is 23.9 Å². The quantitative estimate of drug-likeness (QED) is 0.650. The number of alkyl halides is 1. The number of carbonyl (C=O) groups excluding carboxylic acids is 3. The first-order chi connectivity index (χ1) is 13.6. The van der Waals surface area contributed by atoms with E-state index in [0.29, 0.717) is 6.42 Å². The van der Waals surface area contributed by atoms with Crippen molar-refractivity contribution in [1.82, 2.24) is 0 Å². The van der Waals surface area contributed by atoms with Crippen LogP contribution in [0.4, 0.5) is 4.39 Å². The van der Waals surface area contributed by atoms with Crippen LogP contribution < -0.4 is 0 Å². The molecule has 0 amide bonds. The van der Waals surface area contributed by atoms with Gasteiger partial charge in [0.05, 0.1) is 0 Å². The highest BCUT2D eigenvalue weighted by molar-refractivity contribution is 5.94. The summed E-state index contributed by atoms with van der Waals surface area (Å²) < 4.78 is 26.2. The second-order valence-corrected chi connectivity index (χ2v) is 10.0. The van der Waals surface area contributed by atoms with E-state index in [9.17, 15) is 14.4 Å². The second kappa shape index (κ2) is 6.92. The van der Waals surface area contributed by atoms with E-state index in [1.54, 1.807) is 6.08 Å². The highest BCUT2D eigenvalue weighted by Gasteiger charge is 2.65. The van der Waals surface area contributed by atoms with Gasteiger partial charge in [0.25, 0.3) is 0 Å². The van der Waals surface area contributed by atoms with E-state index in [4.69, 9.17) is 9.47 Å². The highest BCUT2D eigenvalue weighted by atomic mass is 19.1. The van der Waals surface area contributed by atoms with Crippen LogP contribution in [0.15, 0.2) is 11.6 Å². The van der Waals surface area contributed by atoms with Gasteiger partial charge in [-0.3, -0.25) is 14.4 Å². The Hall–Kier alpha value is -1.72. The lowest BCUT2D eigenvalue weighted by Gasteiger charge is -2.56. The Morgan fingerprint density at radius 1 is 1.10 bits per heavy atom. The van der Waals surface area contributed by atoms with Gasteiger partial charge in [-0.05, 0) is 43.1 Å². The van der Waals surface area contributed by atoms with Crippen LogP contribution in [-0.4, -0.2) is 36.1 Å². The summed E-state index contributed by atoms with van der Waals surface area (Å²) in [5, 5.41) is 0. The fraction of sp³-hybridized carbons (Fsp3) is 0.783. The molecule has 4 aliphatic carbocycles. The molecular weight excluding hydrogens is 375 g/mol. The van der Waals surface area contributed by atoms with Crippen LogP contribution in [0.2, 0.25) is 0 Å². The molecule has 29 heavy (non-hydrogen) atoms. The number of esters is 2. The Morgan fingerprint density at radius 3 is 2.45 bits per heavy atom. The van der Waals surface area contributed by atoms with Crippen LogP contribution in [0.3, 0.4) is 0 Å². The van der Waals surface area contributed by atoms with E-state index < -0.39 is 23.6 Å². The summed E-state index contributed by atoms with van der Waals surface area (Å²) in [5.74, 6) is -1.40. The molecule has 0 radical (unpaired) electrons. The van der Waals surface area contributed by atoms with Gasteiger partial charge in [-0.25, -0.2) is 4.39 Å². The highest BCUT2D eigenvalue weighted by Crippen LogP contribution is 2.65. The van der Waals surface area contributed by atoms with Gasteiger partial charge in [0.15, 0.2) is 5.78 Å². The fourth-order valence-electron chi connectivity index (χ4n) is 7.03. The van der Waals surface area contributed by atoms with Crippen molar-refractivity contribution in [3.63, 3.8) is 0 Å². The lowest BCUT2D eigenvalue weighted by Crippen LogP contribution is -2.55. The van der Waals surface area contributed by atoms with Gasteiger partial charge in [-0.2, -0.15) is 0 Å². The molecule has 160 valence electrons. The van der Waals surface area contributed by atoms with E-state index >= 15 is 4.39 Å². The van der Waals surface area contributed by atoms with Crippen molar-refractivity contribution >= 4 is 17.7 Å². The van der Waals surface area contributed by atoms with E-state index in [1.165, 1.54) is 13.8 Å². The maximum Gasteiger partial charge on any atom is 0.302 e. The Kier molecular flexibility index (Phi) is 4.90. The molecule has 0 saturated heterocycles. The predicted octanol–water partition coefficient (Wildman–Crippen LogP) is 3.94. The monoisotopic (exact) mass is 406 g/mol. The summed E-state index contributed by atoms with van der Waals surface area (Å²) in [6, 6.07) is 0. The normalized spacial score (nSPS) is 46.1. The number of fused-ring (bicyclic) bond motifs is 5. The maximum atomic E-state index is 15.3. The third-order valence-corrected chi connectivity index (χ3v) is 8.41. The van der Waals surface area contributed by atoms with Gasteiger partial charge in [0.1, 0.15) is 18.4 Å². The molecule has 0 spiro atoms. The van der Waals surface area contributed by atoms with Gasteiger partial charge in [-0.15, -0.1) is 0 Å². The van der Waals surface area contributed by atoms with Crippen molar-refractivity contribution in [2.75, 3.05) is 0 Å². The van der Waals surface area contributed by atoms with Gasteiger partial charge >= 0.3 is 11.9 Å². The molecule has 3 saturated carbocycles. The number of allylic oxidation sites excluding steroid dienone is 1. The summed E-state index contributed by atoms with van der Waals surface area (Å²) >= 11 is 0. The summed E-state index contributed by atoms with van der Waals surface area (Å²) in [4.78, 5) is 36.2. The number of carbonyl (C=O) groups is 3. The average molecular weight is 406 g/mol. The molecule has 0 bridgehead atoms. The van der Waals surface area contributed by atoms with E-state index in [1.807, 2.05) is 6.92 Å². The lowest BCUT2D eigenvalue weighted by atomic mass is 9.47. The van der Waals surface area contributed by atoms with Crippen LogP contribution in [0.25, 0.3) is 0 Å². The minimum atomic E-state index is -1.14. The van der Waals surface area contributed by atoms with Gasteiger partial charge in [0, 0.05) is 43.9 Å². The molecule has 0 aromatic carbocycles. The Labute approximate surface area is 171 Å². The SMILES string of the molecule is CC(=O)O[C@H]1CC[C@@]2(C)C(=CC(=O)[C@H]3[C@@H]4[C@@H](F)C[C@H](OC(C)=O)[C@@]4(C)CC[C@@H]32)C1. The van der Waals surface area contributed by atoms with E-state index in [2.05, 4.69) is 6.92 Å². The van der Waals surface area contributed by atoms with Crippen molar-refractivity contribution < 1.29 is 28.2 Å². The van der Waals surface area contributed by atoms with Crippen LogP contribution >= 0.6 is 0 Å². The molecule has 6 heteroatoms. The maximum absolute atomic E-state index is 15.3. The molecule has 0 N–H and O–H groups in total. The smallest absolute Gasteiger partial charge is 0.302 e. The minimum absolute atomic E-state index is 0.00648. The third kappa shape index (κ3) is 3.14. The first-order valence-corrected chi connectivity index (χ1v) is 10.8. The molecule has 0 aromatic rings. The van der Waals surface area contributed by atoms with Crippen molar-refractivity contribution in [1.29, 1.82) is 0 Å². The predicted molar refractivity (Wildman–Crippen MR) is 103 cm³/mol. The lowest BCUT2D eigenvalue weighted by molar-refractivity contribution is -0.159. The van der Waals surface area contributed by atoms with Crippen molar-refractivity contribution in [2.24, 2.45) is 28.6 Å². The molecule has 4 rings (SSSR count). The number of hydrogen-bond donors (Lipinski definition) is 0. The zero-order chi connectivity index (χ0) is 21.1. The second-order valence-electron chi connectivity index (χ2n) is 10.0. The molecule has 5 nitrogen and oxygen atoms in total. The topological polar surface area (TPSA) is 69.7 Å². The summed E-state index contributed by atoms with van der Waals surface area (Å²) in [7, 11) is 0. The Morgan fingerprint density at radius 2 is 1.79 bits per heavy atom.